The van der Waals surface area contributed by atoms with E-state index < -0.39 is 0 Å². The van der Waals surface area contributed by atoms with Gasteiger partial charge < -0.3 is 10.6 Å². The van der Waals surface area contributed by atoms with Crippen molar-refractivity contribution in [2.24, 2.45) is 11.7 Å². The predicted octanol–water partition coefficient (Wildman–Crippen LogP) is 2.72. The van der Waals surface area contributed by atoms with Crippen LogP contribution in [0.1, 0.15) is 34.0 Å². The van der Waals surface area contributed by atoms with Crippen LogP contribution < -0.4 is 5.73 Å². The lowest BCUT2D eigenvalue weighted by Gasteiger charge is -2.45. The molecule has 3 fully saturated rings. The van der Waals surface area contributed by atoms with Gasteiger partial charge >= 0.3 is 0 Å². The molecule has 5 rings (SSSR count). The van der Waals surface area contributed by atoms with Crippen LogP contribution in [0, 0.1) is 5.92 Å². The van der Waals surface area contributed by atoms with Gasteiger partial charge in [-0.15, -0.1) is 11.3 Å². The van der Waals surface area contributed by atoms with Gasteiger partial charge in [-0.2, -0.15) is 0 Å². The van der Waals surface area contributed by atoms with Gasteiger partial charge in [0.25, 0.3) is 5.91 Å². The largest absolute Gasteiger partial charge is 0.365 e. The predicted molar refractivity (Wildman–Crippen MR) is 88.0 cm³/mol. The Morgan fingerprint density at radius 3 is 2.73 bits per heavy atom. The molecule has 2 aromatic heterocycles. The lowest BCUT2D eigenvalue weighted by Crippen LogP contribution is -2.46. The van der Waals surface area contributed by atoms with Crippen molar-refractivity contribution >= 4 is 17.2 Å². The minimum atomic E-state index is -0.307. The molecule has 1 atom stereocenters. The number of nitrogens with zero attached hydrogens (tertiary/aromatic N) is 2. The van der Waals surface area contributed by atoms with E-state index in [1.165, 1.54) is 37.3 Å². The third kappa shape index (κ3) is 2.34. The van der Waals surface area contributed by atoms with E-state index in [1.807, 2.05) is 18.2 Å². The second-order valence-electron chi connectivity index (χ2n) is 6.22. The summed E-state index contributed by atoms with van der Waals surface area (Å²) in [6, 6.07) is 8.01. The highest BCUT2D eigenvalue weighted by Gasteiger charge is 2.37. The van der Waals surface area contributed by atoms with Crippen LogP contribution in [0.25, 0.3) is 10.6 Å². The Balaban J connectivity index is 1.75. The molecule has 0 spiro atoms. The third-order valence-electron chi connectivity index (χ3n) is 4.96. The second-order valence-corrected chi connectivity index (χ2v) is 7.27. The average molecular weight is 313 g/mol. The van der Waals surface area contributed by atoms with E-state index in [0.29, 0.717) is 11.8 Å². The van der Waals surface area contributed by atoms with Crippen molar-refractivity contribution in [3.05, 3.63) is 40.9 Å². The number of aromatic nitrogens is 1. The number of hydrogen-bond donors (Lipinski definition) is 1. The van der Waals surface area contributed by atoms with Crippen LogP contribution in [0.3, 0.4) is 0 Å². The van der Waals surface area contributed by atoms with Crippen LogP contribution in [-0.2, 0) is 0 Å². The van der Waals surface area contributed by atoms with Crippen LogP contribution in [0.5, 0.6) is 0 Å². The molecule has 0 radical (unpaired) electrons. The van der Waals surface area contributed by atoms with Crippen molar-refractivity contribution in [3.8, 4) is 10.6 Å². The Kier molecular flexibility index (Phi) is 3.47. The lowest BCUT2D eigenvalue weighted by molar-refractivity contribution is 0.0859. The number of primary amides is 1. The Hall–Kier alpha value is -1.72. The first-order valence-corrected chi connectivity index (χ1v) is 8.61. The van der Waals surface area contributed by atoms with Gasteiger partial charge in [-0.3, -0.25) is 9.78 Å². The molecule has 3 aliphatic heterocycles. The summed E-state index contributed by atoms with van der Waals surface area (Å²) in [5.41, 5.74) is 7.71. The lowest BCUT2D eigenvalue weighted by atomic mass is 9.75. The van der Waals surface area contributed by atoms with Crippen LogP contribution in [0.2, 0.25) is 0 Å². The van der Waals surface area contributed by atoms with Gasteiger partial charge in [-0.05, 0) is 55.6 Å². The zero-order valence-corrected chi connectivity index (χ0v) is 13.2. The summed E-state index contributed by atoms with van der Waals surface area (Å²) in [6.07, 6.45) is 4.25. The van der Waals surface area contributed by atoms with E-state index in [-0.39, 0.29) is 5.91 Å². The highest BCUT2D eigenvalue weighted by molar-refractivity contribution is 7.17. The zero-order chi connectivity index (χ0) is 15.1. The van der Waals surface area contributed by atoms with Crippen LogP contribution >= 0.6 is 11.3 Å². The van der Waals surface area contributed by atoms with Crippen molar-refractivity contribution in [2.45, 2.75) is 18.8 Å². The topological polar surface area (TPSA) is 59.2 Å². The first-order chi connectivity index (χ1) is 10.7. The number of nitrogens with two attached hydrogens (primary N) is 1. The molecule has 1 amide bonds. The molecule has 3 saturated heterocycles. The quantitative estimate of drug-likeness (QED) is 0.948. The smallest absolute Gasteiger partial charge is 0.259 e. The minimum Gasteiger partial charge on any atom is -0.365 e. The van der Waals surface area contributed by atoms with Gasteiger partial charge in [-0.25, -0.2) is 0 Å². The number of carbonyl (C=O) groups is 1. The summed E-state index contributed by atoms with van der Waals surface area (Å²) >= 11 is 1.49. The molecule has 4 nitrogen and oxygen atoms in total. The van der Waals surface area contributed by atoms with E-state index in [0.717, 1.165) is 27.6 Å². The van der Waals surface area contributed by atoms with Crippen LogP contribution in [-0.4, -0.2) is 35.4 Å². The molecular weight excluding hydrogens is 294 g/mol. The molecule has 0 saturated carbocycles. The van der Waals surface area contributed by atoms with Gasteiger partial charge in [0.15, 0.2) is 0 Å². The van der Waals surface area contributed by atoms with Gasteiger partial charge in [0.1, 0.15) is 0 Å². The minimum absolute atomic E-state index is 0.307. The highest BCUT2D eigenvalue weighted by atomic mass is 32.1. The number of hydrogen-bond acceptors (Lipinski definition) is 4. The zero-order valence-electron chi connectivity index (χ0n) is 12.4. The van der Waals surface area contributed by atoms with Gasteiger partial charge in [-0.1, -0.05) is 6.07 Å². The molecule has 22 heavy (non-hydrogen) atoms. The molecule has 0 aromatic carbocycles. The summed E-state index contributed by atoms with van der Waals surface area (Å²) < 4.78 is 0. The molecule has 3 aliphatic rings. The van der Waals surface area contributed by atoms with Crippen molar-refractivity contribution in [1.82, 2.24) is 9.88 Å². The van der Waals surface area contributed by atoms with Crippen molar-refractivity contribution in [1.29, 1.82) is 0 Å². The number of rotatable bonds is 3. The summed E-state index contributed by atoms with van der Waals surface area (Å²) in [6.45, 7) is 3.46. The summed E-state index contributed by atoms with van der Waals surface area (Å²) in [4.78, 5) is 20.6. The molecule has 2 aromatic rings. The molecule has 1 unspecified atom stereocenters. The Labute approximate surface area is 134 Å². The first kappa shape index (κ1) is 13.9. The highest BCUT2D eigenvalue weighted by Crippen LogP contribution is 2.43. The maximum Gasteiger partial charge on any atom is 0.259 e. The van der Waals surface area contributed by atoms with Crippen molar-refractivity contribution in [3.63, 3.8) is 0 Å². The maximum absolute atomic E-state index is 11.9. The fourth-order valence-electron chi connectivity index (χ4n) is 3.83. The number of piperidine rings is 3. The Morgan fingerprint density at radius 2 is 2.14 bits per heavy atom. The van der Waals surface area contributed by atoms with E-state index >= 15 is 0 Å². The molecule has 2 N–H and O–H groups in total. The molecule has 0 aliphatic carbocycles. The summed E-state index contributed by atoms with van der Waals surface area (Å²) in [5, 5.41) is 0. The molecule has 5 heteroatoms. The SMILES string of the molecule is NC(=O)c1sc(-c2ccccn2)cc1C1CN2CCC1CC2. The molecular formula is C17H19N3OS. The Morgan fingerprint density at radius 1 is 1.32 bits per heavy atom. The standard InChI is InChI=1S/C17H19N3OS/c18-17(21)16-12(13-10-20-7-4-11(13)5-8-20)9-15(22-16)14-3-1-2-6-19-14/h1-3,6,9,11,13H,4-5,7-8,10H2,(H2,18,21). The number of fused-ring (bicyclic) bond motifs is 3. The molecule has 5 heterocycles. The number of thiophene rings is 1. The molecule has 2 bridgehead atoms. The maximum atomic E-state index is 11.9. The third-order valence-corrected chi connectivity index (χ3v) is 6.15. The number of carbonyl (C=O) groups excluding carboxylic acids is 1. The van der Waals surface area contributed by atoms with Crippen molar-refractivity contribution in [2.75, 3.05) is 19.6 Å². The molecule has 114 valence electrons. The fourth-order valence-corrected chi connectivity index (χ4v) is 4.89. The number of amides is 1. The first-order valence-electron chi connectivity index (χ1n) is 7.79. The van der Waals surface area contributed by atoms with Gasteiger partial charge in [0.05, 0.1) is 15.4 Å². The summed E-state index contributed by atoms with van der Waals surface area (Å²) in [7, 11) is 0. The van der Waals surface area contributed by atoms with Crippen LogP contribution in [0.4, 0.5) is 0 Å². The van der Waals surface area contributed by atoms with E-state index in [4.69, 9.17) is 5.73 Å². The van der Waals surface area contributed by atoms with E-state index in [2.05, 4.69) is 16.0 Å². The van der Waals surface area contributed by atoms with Crippen molar-refractivity contribution < 1.29 is 4.79 Å². The van der Waals surface area contributed by atoms with Crippen LogP contribution in [0.15, 0.2) is 30.5 Å². The Bertz CT molecular complexity index is 689. The average Bonchev–Trinajstić information content (AvgIpc) is 3.02. The van der Waals surface area contributed by atoms with Gasteiger partial charge in [0.2, 0.25) is 0 Å². The fraction of sp³-hybridized carbons (Fsp3) is 0.412. The normalized spacial score (nSPS) is 27.0. The van der Waals surface area contributed by atoms with E-state index in [9.17, 15) is 4.79 Å². The van der Waals surface area contributed by atoms with E-state index in [1.54, 1.807) is 6.20 Å². The van der Waals surface area contributed by atoms with Gasteiger partial charge in [0, 0.05) is 18.7 Å². The summed E-state index contributed by atoms with van der Waals surface area (Å²) in [5.74, 6) is 0.826. The second kappa shape index (κ2) is 5.48. The monoisotopic (exact) mass is 313 g/mol. The number of pyridine rings is 1.